The number of piperidine rings is 1. The van der Waals surface area contributed by atoms with Gasteiger partial charge in [-0.1, -0.05) is 25.9 Å². The van der Waals surface area contributed by atoms with Gasteiger partial charge < -0.3 is 9.63 Å². The van der Waals surface area contributed by atoms with E-state index in [0.29, 0.717) is 0 Å². The topological polar surface area (TPSA) is 84.4 Å². The van der Waals surface area contributed by atoms with Gasteiger partial charge in [-0.3, -0.25) is 9.58 Å². The van der Waals surface area contributed by atoms with E-state index < -0.39 is 5.97 Å². The first kappa shape index (κ1) is 16.7. The average Bonchev–Trinajstić information content (AvgIpc) is 3.15. The minimum atomic E-state index is -0.985. The zero-order chi connectivity index (χ0) is 17.3. The highest BCUT2D eigenvalue weighted by atomic mass is 16.5. The van der Waals surface area contributed by atoms with E-state index in [0.717, 1.165) is 43.7 Å². The molecule has 0 bridgehead atoms. The van der Waals surface area contributed by atoms with Crippen molar-refractivity contribution < 1.29 is 14.4 Å². The molecule has 1 saturated heterocycles. The van der Waals surface area contributed by atoms with Gasteiger partial charge in [0.2, 0.25) is 0 Å². The number of carboxylic acid groups (broad SMARTS) is 1. The standard InChI is InChI=1S/C17H24N4O3/c1-17(2,3)15-12(11-24-19-15)9-20-7-4-5-13(10-20)21-8-6-14(18-21)16(22)23/h6,8,11,13H,4-5,7,9-10H2,1-3H3,(H,22,23). The lowest BCUT2D eigenvalue weighted by molar-refractivity contribution is 0.0688. The van der Waals surface area contributed by atoms with Crippen LogP contribution in [0.25, 0.3) is 0 Å². The highest BCUT2D eigenvalue weighted by Crippen LogP contribution is 2.27. The second-order valence-corrected chi connectivity index (χ2v) is 7.46. The number of rotatable bonds is 4. The van der Waals surface area contributed by atoms with Gasteiger partial charge in [-0.05, 0) is 25.5 Å². The van der Waals surface area contributed by atoms with E-state index in [1.807, 2.05) is 0 Å². The van der Waals surface area contributed by atoms with Crippen LogP contribution in [-0.4, -0.2) is 44.0 Å². The van der Waals surface area contributed by atoms with Crippen LogP contribution < -0.4 is 0 Å². The normalized spacial score (nSPS) is 19.5. The maximum atomic E-state index is 11.0. The Balaban J connectivity index is 1.70. The van der Waals surface area contributed by atoms with Crippen molar-refractivity contribution >= 4 is 5.97 Å². The zero-order valence-corrected chi connectivity index (χ0v) is 14.4. The van der Waals surface area contributed by atoms with E-state index in [1.54, 1.807) is 23.2 Å². The molecule has 0 aliphatic carbocycles. The average molecular weight is 332 g/mol. The highest BCUT2D eigenvalue weighted by Gasteiger charge is 2.27. The number of carbonyl (C=O) groups is 1. The summed E-state index contributed by atoms with van der Waals surface area (Å²) in [6, 6.07) is 1.75. The van der Waals surface area contributed by atoms with Gasteiger partial charge >= 0.3 is 5.97 Å². The molecule has 3 heterocycles. The summed E-state index contributed by atoms with van der Waals surface area (Å²) in [6.07, 6.45) is 5.56. The van der Waals surface area contributed by atoms with Crippen molar-refractivity contribution in [3.63, 3.8) is 0 Å². The number of aromatic nitrogens is 3. The van der Waals surface area contributed by atoms with E-state index in [9.17, 15) is 4.79 Å². The highest BCUT2D eigenvalue weighted by molar-refractivity contribution is 5.85. The Kier molecular flexibility index (Phi) is 4.45. The van der Waals surface area contributed by atoms with Gasteiger partial charge in [0.15, 0.2) is 5.69 Å². The minimum Gasteiger partial charge on any atom is -0.476 e. The van der Waals surface area contributed by atoms with Crippen LogP contribution in [0.4, 0.5) is 0 Å². The predicted octanol–water partition coefficient (Wildman–Crippen LogP) is 2.70. The Labute approximate surface area is 141 Å². The lowest BCUT2D eigenvalue weighted by atomic mass is 9.89. The molecule has 0 spiro atoms. The summed E-state index contributed by atoms with van der Waals surface area (Å²) in [6.45, 7) is 9.03. The molecule has 1 atom stereocenters. The molecule has 3 rings (SSSR count). The Morgan fingerprint density at radius 2 is 2.25 bits per heavy atom. The van der Waals surface area contributed by atoms with Crippen molar-refractivity contribution in [3.05, 3.63) is 35.5 Å². The van der Waals surface area contributed by atoms with E-state index in [-0.39, 0.29) is 17.2 Å². The van der Waals surface area contributed by atoms with Crippen molar-refractivity contribution in [2.75, 3.05) is 13.1 Å². The molecule has 130 valence electrons. The number of aromatic carboxylic acids is 1. The van der Waals surface area contributed by atoms with Crippen LogP contribution in [0.3, 0.4) is 0 Å². The van der Waals surface area contributed by atoms with Gasteiger partial charge in [-0.25, -0.2) is 4.79 Å². The first-order valence-corrected chi connectivity index (χ1v) is 8.29. The molecule has 24 heavy (non-hydrogen) atoms. The molecule has 2 aromatic heterocycles. The van der Waals surface area contributed by atoms with Crippen LogP contribution in [0, 0.1) is 0 Å². The molecule has 7 heteroatoms. The fourth-order valence-corrected chi connectivity index (χ4v) is 3.27. The van der Waals surface area contributed by atoms with Crippen LogP contribution in [0.5, 0.6) is 0 Å². The van der Waals surface area contributed by atoms with E-state index >= 15 is 0 Å². The molecule has 7 nitrogen and oxygen atoms in total. The number of likely N-dealkylation sites (tertiary alicyclic amines) is 1. The Bertz CT molecular complexity index is 713. The monoisotopic (exact) mass is 332 g/mol. The van der Waals surface area contributed by atoms with Gasteiger partial charge in [0.05, 0.1) is 11.7 Å². The summed E-state index contributed by atoms with van der Waals surface area (Å²) in [5.41, 5.74) is 2.17. The lowest BCUT2D eigenvalue weighted by Gasteiger charge is -2.33. The van der Waals surface area contributed by atoms with Crippen molar-refractivity contribution in [1.29, 1.82) is 0 Å². The molecule has 2 aromatic rings. The number of hydrogen-bond donors (Lipinski definition) is 1. The van der Waals surface area contributed by atoms with Gasteiger partial charge in [-0.2, -0.15) is 5.10 Å². The molecule has 0 amide bonds. The molecule has 1 aliphatic rings. The van der Waals surface area contributed by atoms with E-state index in [1.165, 1.54) is 0 Å². The largest absolute Gasteiger partial charge is 0.476 e. The predicted molar refractivity (Wildman–Crippen MR) is 87.9 cm³/mol. The molecule has 1 aliphatic heterocycles. The third-order valence-electron chi connectivity index (χ3n) is 4.43. The van der Waals surface area contributed by atoms with Crippen molar-refractivity contribution in [2.45, 2.75) is 51.6 Å². The second-order valence-electron chi connectivity index (χ2n) is 7.46. The third-order valence-corrected chi connectivity index (χ3v) is 4.43. The summed E-state index contributed by atoms with van der Waals surface area (Å²) in [4.78, 5) is 13.4. The lowest BCUT2D eigenvalue weighted by Crippen LogP contribution is -2.36. The minimum absolute atomic E-state index is 0.0457. The number of hydrogen-bond acceptors (Lipinski definition) is 5. The molecule has 1 N–H and O–H groups in total. The third kappa shape index (κ3) is 3.51. The van der Waals surface area contributed by atoms with Crippen LogP contribution in [0.15, 0.2) is 23.0 Å². The Morgan fingerprint density at radius 3 is 2.92 bits per heavy atom. The number of carboxylic acids is 1. The quantitative estimate of drug-likeness (QED) is 0.926. The molecular weight excluding hydrogens is 308 g/mol. The molecule has 0 aromatic carbocycles. The summed E-state index contributed by atoms with van der Waals surface area (Å²) < 4.78 is 6.98. The van der Waals surface area contributed by atoms with Crippen LogP contribution in [0.2, 0.25) is 0 Å². The Morgan fingerprint density at radius 1 is 1.46 bits per heavy atom. The van der Waals surface area contributed by atoms with E-state index in [4.69, 9.17) is 9.63 Å². The molecular formula is C17H24N4O3. The fraction of sp³-hybridized carbons (Fsp3) is 0.588. The van der Waals surface area contributed by atoms with Gasteiger partial charge in [0.1, 0.15) is 6.26 Å². The smallest absolute Gasteiger partial charge is 0.356 e. The fourth-order valence-electron chi connectivity index (χ4n) is 3.27. The van der Waals surface area contributed by atoms with Crippen molar-refractivity contribution in [2.24, 2.45) is 0 Å². The van der Waals surface area contributed by atoms with Crippen LogP contribution >= 0.6 is 0 Å². The molecule has 1 fully saturated rings. The first-order valence-electron chi connectivity index (χ1n) is 8.29. The van der Waals surface area contributed by atoms with Crippen molar-refractivity contribution in [1.82, 2.24) is 19.8 Å². The van der Waals surface area contributed by atoms with Crippen molar-refractivity contribution in [3.8, 4) is 0 Å². The summed E-state index contributed by atoms with van der Waals surface area (Å²) in [5, 5.41) is 17.4. The maximum absolute atomic E-state index is 11.0. The molecule has 0 saturated carbocycles. The van der Waals surface area contributed by atoms with Gasteiger partial charge in [0, 0.05) is 30.3 Å². The summed E-state index contributed by atoms with van der Waals surface area (Å²) in [7, 11) is 0. The maximum Gasteiger partial charge on any atom is 0.356 e. The van der Waals surface area contributed by atoms with Gasteiger partial charge in [-0.15, -0.1) is 0 Å². The van der Waals surface area contributed by atoms with Gasteiger partial charge in [0.25, 0.3) is 0 Å². The zero-order valence-electron chi connectivity index (χ0n) is 14.4. The molecule has 0 radical (unpaired) electrons. The first-order chi connectivity index (χ1) is 11.3. The SMILES string of the molecule is CC(C)(C)c1nocc1CN1CCCC(n2ccc(C(=O)O)n2)C1. The molecule has 1 unspecified atom stereocenters. The number of nitrogens with zero attached hydrogens (tertiary/aromatic N) is 4. The summed E-state index contributed by atoms with van der Waals surface area (Å²) in [5.74, 6) is -0.985. The van der Waals surface area contributed by atoms with Crippen LogP contribution in [0.1, 0.15) is 61.4 Å². The van der Waals surface area contributed by atoms with Crippen LogP contribution in [-0.2, 0) is 12.0 Å². The van der Waals surface area contributed by atoms with E-state index in [2.05, 4.69) is 35.9 Å². The second kappa shape index (κ2) is 6.39. The Hall–Kier alpha value is -2.15. The summed E-state index contributed by atoms with van der Waals surface area (Å²) >= 11 is 0.